The lowest BCUT2D eigenvalue weighted by atomic mass is 10.1. The molecule has 1 aromatic carbocycles. The highest BCUT2D eigenvalue weighted by molar-refractivity contribution is 9.09. The summed E-state index contributed by atoms with van der Waals surface area (Å²) in [5, 5.41) is 0.437. The van der Waals surface area contributed by atoms with Crippen molar-refractivity contribution in [3.63, 3.8) is 0 Å². The van der Waals surface area contributed by atoms with Crippen molar-refractivity contribution in [1.82, 2.24) is 0 Å². The topological polar surface area (TPSA) is 52.6 Å². The summed E-state index contributed by atoms with van der Waals surface area (Å²) in [6, 6.07) is 8.03. The zero-order chi connectivity index (χ0) is 16.2. The second kappa shape index (κ2) is 11.4. The Morgan fingerprint density at radius 3 is 2.64 bits per heavy atom. The maximum atomic E-state index is 11.1. The summed E-state index contributed by atoms with van der Waals surface area (Å²) < 4.78 is 10.3. The molecule has 0 unspecified atom stereocenters. The molecular formula is C17H23BrO4. The number of rotatable bonds is 11. The summed E-state index contributed by atoms with van der Waals surface area (Å²) in [4.78, 5) is 22.3. The lowest BCUT2D eigenvalue weighted by molar-refractivity contribution is -0.140. The zero-order valence-electron chi connectivity index (χ0n) is 13.0. The number of hydrogen-bond donors (Lipinski definition) is 0. The molecule has 0 fully saturated rings. The van der Waals surface area contributed by atoms with E-state index in [-0.39, 0.29) is 11.8 Å². The smallest absolute Gasteiger partial charge is 0.305 e. The lowest BCUT2D eigenvalue weighted by Crippen LogP contribution is -2.03. The molecule has 0 aliphatic rings. The van der Waals surface area contributed by atoms with Gasteiger partial charge >= 0.3 is 5.97 Å². The Morgan fingerprint density at radius 2 is 1.91 bits per heavy atom. The first-order valence-electron chi connectivity index (χ1n) is 7.45. The molecule has 1 aromatic rings. The predicted octanol–water partition coefficient (Wildman–Crippen LogP) is 3.44. The average Bonchev–Trinajstić information content (AvgIpc) is 2.55. The number of halogens is 1. The number of aryl methyl sites for hydroxylation is 1. The van der Waals surface area contributed by atoms with Crippen LogP contribution < -0.4 is 0 Å². The van der Waals surface area contributed by atoms with Crippen LogP contribution in [0.4, 0.5) is 0 Å². The number of unbranched alkanes of at least 4 members (excludes halogenated alkanes) is 1. The minimum atomic E-state index is -0.195. The zero-order valence-corrected chi connectivity index (χ0v) is 14.6. The number of alkyl halides is 1. The van der Waals surface area contributed by atoms with E-state index in [1.54, 1.807) is 0 Å². The summed E-state index contributed by atoms with van der Waals surface area (Å²) >= 11 is 3.15. The van der Waals surface area contributed by atoms with Gasteiger partial charge in [0.1, 0.15) is 5.78 Å². The molecule has 22 heavy (non-hydrogen) atoms. The van der Waals surface area contributed by atoms with Crippen LogP contribution in [0.5, 0.6) is 0 Å². The van der Waals surface area contributed by atoms with Crippen LogP contribution in [-0.2, 0) is 32.1 Å². The van der Waals surface area contributed by atoms with Crippen molar-refractivity contribution in [2.45, 2.75) is 38.7 Å². The molecule has 0 spiro atoms. The van der Waals surface area contributed by atoms with Crippen LogP contribution >= 0.6 is 15.9 Å². The van der Waals surface area contributed by atoms with E-state index in [0.717, 1.165) is 24.0 Å². The van der Waals surface area contributed by atoms with E-state index < -0.39 is 0 Å². The maximum Gasteiger partial charge on any atom is 0.305 e. The van der Waals surface area contributed by atoms with Crippen LogP contribution in [0.15, 0.2) is 24.3 Å². The highest BCUT2D eigenvalue weighted by Gasteiger charge is 2.03. The van der Waals surface area contributed by atoms with Crippen LogP contribution in [0.1, 0.15) is 36.8 Å². The van der Waals surface area contributed by atoms with Crippen molar-refractivity contribution in [3.05, 3.63) is 35.4 Å². The normalized spacial score (nSPS) is 10.5. The fraction of sp³-hybridized carbons (Fsp3) is 0.529. The van der Waals surface area contributed by atoms with Crippen molar-refractivity contribution in [2.24, 2.45) is 0 Å². The van der Waals surface area contributed by atoms with E-state index in [1.165, 1.54) is 7.11 Å². The number of benzene rings is 1. The summed E-state index contributed by atoms with van der Waals surface area (Å²) in [7, 11) is 1.40. The van der Waals surface area contributed by atoms with Gasteiger partial charge in [-0.05, 0) is 30.4 Å². The molecule has 0 aromatic heterocycles. The number of esters is 1. The van der Waals surface area contributed by atoms with Gasteiger partial charge in [0.05, 0.1) is 19.0 Å². The van der Waals surface area contributed by atoms with Crippen LogP contribution in [0.25, 0.3) is 0 Å². The van der Waals surface area contributed by atoms with Crippen molar-refractivity contribution >= 4 is 27.7 Å². The first-order valence-corrected chi connectivity index (χ1v) is 8.58. The molecule has 0 amide bonds. The first kappa shape index (κ1) is 18.8. The number of ketones is 1. The van der Waals surface area contributed by atoms with Gasteiger partial charge in [0.2, 0.25) is 0 Å². The van der Waals surface area contributed by atoms with Gasteiger partial charge in [-0.1, -0.05) is 40.2 Å². The monoisotopic (exact) mass is 370 g/mol. The van der Waals surface area contributed by atoms with Gasteiger partial charge in [0.15, 0.2) is 0 Å². The SMILES string of the molecule is COC(=O)CCc1cccc(COCCCCC(=O)CBr)c1. The quantitative estimate of drug-likeness (QED) is 0.340. The Labute approximate surface area is 140 Å². The van der Waals surface area contributed by atoms with Crippen LogP contribution in [0, 0.1) is 0 Å². The molecule has 0 N–H and O–H groups in total. The third-order valence-electron chi connectivity index (χ3n) is 3.25. The Bertz CT molecular complexity index is 473. The molecule has 0 aliphatic carbocycles. The first-order chi connectivity index (χ1) is 10.7. The third-order valence-corrected chi connectivity index (χ3v) is 3.87. The summed E-state index contributed by atoms with van der Waals surface area (Å²) in [5.74, 6) is 0.0398. The molecule has 0 atom stereocenters. The van der Waals surface area contributed by atoms with E-state index in [1.807, 2.05) is 18.2 Å². The van der Waals surface area contributed by atoms with Crippen LogP contribution in [0.2, 0.25) is 0 Å². The highest BCUT2D eigenvalue weighted by Crippen LogP contribution is 2.10. The molecule has 0 radical (unpaired) electrons. The Morgan fingerprint density at radius 1 is 1.14 bits per heavy atom. The summed E-state index contributed by atoms with van der Waals surface area (Å²) in [6.45, 7) is 1.21. The fourth-order valence-corrected chi connectivity index (χ4v) is 2.29. The second-order valence-corrected chi connectivity index (χ2v) is 5.64. The molecule has 5 heteroatoms. The summed E-state index contributed by atoms with van der Waals surface area (Å²) in [5.41, 5.74) is 2.20. The van der Waals surface area contributed by atoms with Crippen molar-refractivity contribution in [3.8, 4) is 0 Å². The number of carbonyl (C=O) groups excluding carboxylic acids is 2. The highest BCUT2D eigenvalue weighted by atomic mass is 79.9. The minimum absolute atomic E-state index is 0.195. The number of carbonyl (C=O) groups is 2. The van der Waals surface area contributed by atoms with Gasteiger partial charge in [-0.3, -0.25) is 9.59 Å². The Balaban J connectivity index is 2.23. The third kappa shape index (κ3) is 8.29. The second-order valence-electron chi connectivity index (χ2n) is 5.08. The average molecular weight is 371 g/mol. The number of Topliss-reactive ketones (excluding diaryl/α,β-unsaturated/α-hetero) is 1. The van der Waals surface area contributed by atoms with Crippen LogP contribution in [-0.4, -0.2) is 30.8 Å². The number of ether oxygens (including phenoxy) is 2. The number of hydrogen-bond acceptors (Lipinski definition) is 4. The van der Waals surface area contributed by atoms with E-state index in [2.05, 4.69) is 26.7 Å². The molecular weight excluding hydrogens is 348 g/mol. The van der Waals surface area contributed by atoms with Gasteiger partial charge in [0.25, 0.3) is 0 Å². The minimum Gasteiger partial charge on any atom is -0.469 e. The Kier molecular flexibility index (Phi) is 9.75. The Hall–Kier alpha value is -1.20. The van der Waals surface area contributed by atoms with Gasteiger partial charge in [-0.25, -0.2) is 0 Å². The van der Waals surface area contributed by atoms with Crippen molar-refractivity contribution < 1.29 is 19.1 Å². The molecule has 1 rings (SSSR count). The largest absolute Gasteiger partial charge is 0.469 e. The fourth-order valence-electron chi connectivity index (χ4n) is 2.01. The molecule has 122 valence electrons. The maximum absolute atomic E-state index is 11.1. The molecule has 0 bridgehead atoms. The van der Waals surface area contributed by atoms with Gasteiger partial charge in [0, 0.05) is 19.4 Å². The van der Waals surface area contributed by atoms with E-state index >= 15 is 0 Å². The van der Waals surface area contributed by atoms with E-state index in [4.69, 9.17) is 4.74 Å². The van der Waals surface area contributed by atoms with Crippen molar-refractivity contribution in [1.29, 1.82) is 0 Å². The molecule has 0 heterocycles. The van der Waals surface area contributed by atoms with Crippen LogP contribution in [0.3, 0.4) is 0 Å². The lowest BCUT2D eigenvalue weighted by Gasteiger charge is -2.06. The van der Waals surface area contributed by atoms with Gasteiger partial charge < -0.3 is 9.47 Å². The summed E-state index contributed by atoms with van der Waals surface area (Å²) in [6.07, 6.45) is 3.43. The van der Waals surface area contributed by atoms with Gasteiger partial charge in [-0.2, -0.15) is 0 Å². The van der Waals surface area contributed by atoms with Crippen molar-refractivity contribution in [2.75, 3.05) is 19.0 Å². The number of methoxy groups -OCH3 is 1. The van der Waals surface area contributed by atoms with E-state index in [9.17, 15) is 9.59 Å². The molecule has 0 saturated carbocycles. The molecule has 0 aliphatic heterocycles. The molecule has 0 saturated heterocycles. The predicted molar refractivity (Wildman–Crippen MR) is 89.1 cm³/mol. The molecule has 4 nitrogen and oxygen atoms in total. The van der Waals surface area contributed by atoms with Gasteiger partial charge in [-0.15, -0.1) is 0 Å². The van der Waals surface area contributed by atoms with E-state index in [0.29, 0.717) is 37.8 Å². The standard InChI is InChI=1S/C17H23BrO4/c1-21-17(20)9-8-14-5-4-6-15(11-14)13-22-10-3-2-7-16(19)12-18/h4-6,11H,2-3,7-10,12-13H2,1H3.